The predicted molar refractivity (Wildman–Crippen MR) is 100 cm³/mol. The first-order valence-electron chi connectivity index (χ1n) is 8.85. The van der Waals surface area contributed by atoms with E-state index in [4.69, 9.17) is 0 Å². The van der Waals surface area contributed by atoms with Crippen molar-refractivity contribution in [2.75, 3.05) is 12.3 Å². The monoisotopic (exact) mass is 341 g/mol. The van der Waals surface area contributed by atoms with E-state index < -0.39 is 0 Å². The van der Waals surface area contributed by atoms with E-state index in [-0.39, 0.29) is 5.91 Å². The van der Waals surface area contributed by atoms with Crippen molar-refractivity contribution in [3.63, 3.8) is 0 Å². The van der Waals surface area contributed by atoms with Gasteiger partial charge in [0, 0.05) is 23.1 Å². The highest BCUT2D eigenvalue weighted by Crippen LogP contribution is 2.39. The zero-order chi connectivity index (χ0) is 15.9. The maximum absolute atomic E-state index is 12.3. The van der Waals surface area contributed by atoms with Crippen molar-refractivity contribution in [2.24, 2.45) is 17.8 Å². The molecule has 1 N–H and O–H groups in total. The van der Waals surface area contributed by atoms with E-state index in [2.05, 4.69) is 43.0 Å². The van der Waals surface area contributed by atoms with Crippen LogP contribution in [0.25, 0.3) is 0 Å². The van der Waals surface area contributed by atoms with E-state index in [1.165, 1.54) is 31.4 Å². The molecule has 2 rings (SSSR count). The minimum atomic E-state index is 0.174. The Kier molecular flexibility index (Phi) is 7.69. The van der Waals surface area contributed by atoms with E-state index in [0.717, 1.165) is 30.2 Å². The van der Waals surface area contributed by atoms with E-state index >= 15 is 0 Å². The van der Waals surface area contributed by atoms with Gasteiger partial charge < -0.3 is 5.32 Å². The molecule has 4 heteroatoms. The van der Waals surface area contributed by atoms with Gasteiger partial charge in [-0.2, -0.15) is 0 Å². The summed E-state index contributed by atoms with van der Waals surface area (Å²) in [4.78, 5) is 12.3. The largest absolute Gasteiger partial charge is 0.352 e. The number of hydrogen-bond donors (Lipinski definition) is 1. The van der Waals surface area contributed by atoms with Crippen LogP contribution in [0.5, 0.6) is 0 Å². The van der Waals surface area contributed by atoms with Crippen LogP contribution in [-0.4, -0.2) is 23.5 Å². The second-order valence-electron chi connectivity index (χ2n) is 7.03. The third kappa shape index (κ3) is 5.52. The van der Waals surface area contributed by atoms with Crippen molar-refractivity contribution >= 4 is 27.5 Å². The molecule has 0 radical (unpaired) electrons. The first-order valence-corrected chi connectivity index (χ1v) is 11.2. The minimum Gasteiger partial charge on any atom is -0.352 e. The first kappa shape index (κ1) is 18.3. The van der Waals surface area contributed by atoms with Gasteiger partial charge in [0.05, 0.1) is 0 Å². The van der Waals surface area contributed by atoms with E-state index in [1.807, 2.05) is 10.8 Å². The van der Waals surface area contributed by atoms with E-state index in [9.17, 15) is 4.79 Å². The molecule has 2 nitrogen and oxygen atoms in total. The number of hydrogen-bond acceptors (Lipinski definition) is 3. The van der Waals surface area contributed by atoms with Crippen molar-refractivity contribution in [3.05, 3.63) is 11.6 Å². The fourth-order valence-electron chi connectivity index (χ4n) is 3.31. The molecule has 1 saturated heterocycles. The average molecular weight is 342 g/mol. The van der Waals surface area contributed by atoms with Gasteiger partial charge in [-0.3, -0.25) is 4.79 Å². The van der Waals surface area contributed by atoms with Crippen LogP contribution in [0.1, 0.15) is 59.3 Å². The quantitative estimate of drug-likeness (QED) is 0.518. The summed E-state index contributed by atoms with van der Waals surface area (Å²) in [6.07, 6.45) is 9.53. The lowest BCUT2D eigenvalue weighted by Crippen LogP contribution is -2.31. The predicted octanol–water partition coefficient (Wildman–Crippen LogP) is 5.06. The Labute approximate surface area is 144 Å². The van der Waals surface area contributed by atoms with Crippen molar-refractivity contribution in [3.8, 4) is 0 Å². The third-order valence-corrected chi connectivity index (χ3v) is 8.25. The molecule has 1 heterocycles. The lowest BCUT2D eigenvalue weighted by molar-refractivity contribution is -0.117. The summed E-state index contributed by atoms with van der Waals surface area (Å²) in [5, 5.41) is 4.01. The number of amides is 1. The van der Waals surface area contributed by atoms with Gasteiger partial charge in [-0.15, -0.1) is 0 Å². The Morgan fingerprint density at radius 2 is 2.09 bits per heavy atom. The molecule has 126 valence electrons. The van der Waals surface area contributed by atoms with E-state index in [1.54, 1.807) is 0 Å². The Bertz CT molecular complexity index is 391. The highest BCUT2D eigenvalue weighted by molar-refractivity contribution is 8.77. The van der Waals surface area contributed by atoms with Gasteiger partial charge in [-0.25, -0.2) is 0 Å². The molecule has 1 aliphatic carbocycles. The van der Waals surface area contributed by atoms with Crippen LogP contribution in [0, 0.1) is 17.8 Å². The number of carbonyl (C=O) groups excluding carboxylic acids is 1. The van der Waals surface area contributed by atoms with Crippen molar-refractivity contribution in [2.45, 2.75) is 64.5 Å². The first-order chi connectivity index (χ1) is 10.6. The van der Waals surface area contributed by atoms with Crippen LogP contribution < -0.4 is 5.32 Å². The van der Waals surface area contributed by atoms with Gasteiger partial charge in [0.1, 0.15) is 0 Å². The molecule has 2 aliphatic rings. The summed E-state index contributed by atoms with van der Waals surface area (Å²) in [5.41, 5.74) is 1.01. The summed E-state index contributed by atoms with van der Waals surface area (Å²) in [5.74, 6) is 3.32. The van der Waals surface area contributed by atoms with Crippen LogP contribution in [-0.2, 0) is 4.79 Å². The van der Waals surface area contributed by atoms with Crippen molar-refractivity contribution in [1.29, 1.82) is 0 Å². The van der Waals surface area contributed by atoms with Crippen LogP contribution in [0.15, 0.2) is 11.6 Å². The molecule has 0 aromatic carbocycles. The van der Waals surface area contributed by atoms with Crippen molar-refractivity contribution < 1.29 is 4.79 Å². The van der Waals surface area contributed by atoms with Gasteiger partial charge in [0.2, 0.25) is 5.91 Å². The molecule has 1 fully saturated rings. The second-order valence-corrected chi connectivity index (χ2v) is 9.81. The number of rotatable bonds is 7. The fraction of sp³-hybridized carbons (Fsp3) is 0.833. The molecule has 0 spiro atoms. The summed E-state index contributed by atoms with van der Waals surface area (Å²) in [7, 11) is 4.09. The Balaban J connectivity index is 1.58. The Morgan fingerprint density at radius 3 is 2.77 bits per heavy atom. The standard InChI is InChI=1S/C18H31NOS2/c1-13-11-16(12-14(2)15(13)3)18(20)19-9-6-4-5-7-17-8-10-21-22-17/h11,13-15,17H,4-10,12H2,1-3H3,(H,19,20). The Morgan fingerprint density at radius 1 is 1.27 bits per heavy atom. The summed E-state index contributed by atoms with van der Waals surface area (Å²) in [6.45, 7) is 7.62. The van der Waals surface area contributed by atoms with Crippen LogP contribution in [0.2, 0.25) is 0 Å². The van der Waals surface area contributed by atoms with Gasteiger partial charge in [0.25, 0.3) is 0 Å². The molecule has 0 aromatic heterocycles. The maximum Gasteiger partial charge on any atom is 0.246 e. The average Bonchev–Trinajstić information content (AvgIpc) is 3.00. The van der Waals surface area contributed by atoms with Crippen LogP contribution in [0.4, 0.5) is 0 Å². The number of carbonyl (C=O) groups is 1. The minimum absolute atomic E-state index is 0.174. The second kappa shape index (κ2) is 9.27. The third-order valence-electron chi connectivity index (χ3n) is 5.24. The van der Waals surface area contributed by atoms with Crippen LogP contribution in [0.3, 0.4) is 0 Å². The van der Waals surface area contributed by atoms with Gasteiger partial charge in [-0.05, 0) is 43.4 Å². The molecule has 1 amide bonds. The van der Waals surface area contributed by atoms with Gasteiger partial charge >= 0.3 is 0 Å². The lowest BCUT2D eigenvalue weighted by Gasteiger charge is -2.30. The maximum atomic E-state index is 12.3. The molecule has 0 saturated carbocycles. The zero-order valence-electron chi connectivity index (χ0n) is 14.3. The normalized spacial score (nSPS) is 31.9. The molecular weight excluding hydrogens is 310 g/mol. The number of unbranched alkanes of at least 4 members (excludes halogenated alkanes) is 2. The Hall–Kier alpha value is -0.0900. The summed E-state index contributed by atoms with van der Waals surface area (Å²) >= 11 is 0. The molecule has 4 atom stereocenters. The number of nitrogens with one attached hydrogen (secondary N) is 1. The topological polar surface area (TPSA) is 29.1 Å². The van der Waals surface area contributed by atoms with Crippen LogP contribution >= 0.6 is 21.6 Å². The summed E-state index contributed by atoms with van der Waals surface area (Å²) < 4.78 is 0. The highest BCUT2D eigenvalue weighted by atomic mass is 33.1. The van der Waals surface area contributed by atoms with Gasteiger partial charge in [0.15, 0.2) is 0 Å². The molecular formula is C18H31NOS2. The van der Waals surface area contributed by atoms with E-state index in [0.29, 0.717) is 17.8 Å². The molecule has 0 aromatic rings. The fourth-order valence-corrected chi connectivity index (χ4v) is 6.34. The highest BCUT2D eigenvalue weighted by Gasteiger charge is 2.26. The lowest BCUT2D eigenvalue weighted by atomic mass is 9.75. The van der Waals surface area contributed by atoms with Crippen molar-refractivity contribution in [1.82, 2.24) is 5.32 Å². The van der Waals surface area contributed by atoms with Gasteiger partial charge in [-0.1, -0.05) is 61.3 Å². The molecule has 4 unspecified atom stereocenters. The molecule has 0 bridgehead atoms. The molecule has 22 heavy (non-hydrogen) atoms. The number of allylic oxidation sites excluding steroid dienone is 1. The smallest absolute Gasteiger partial charge is 0.246 e. The zero-order valence-corrected chi connectivity index (χ0v) is 15.9. The molecule has 1 aliphatic heterocycles. The SMILES string of the molecule is CC1C=C(C(=O)NCCCCCC2CCSS2)CC(C)C1C. The summed E-state index contributed by atoms with van der Waals surface area (Å²) in [6, 6.07) is 0.